The van der Waals surface area contributed by atoms with Crippen LogP contribution in [0.1, 0.15) is 5.56 Å². The molecule has 3 nitrogen and oxygen atoms in total. The highest BCUT2D eigenvalue weighted by Gasteiger charge is 1.97. The largest absolute Gasteiger partial charge is 0.497 e. The van der Waals surface area contributed by atoms with Gasteiger partial charge in [0.05, 0.1) is 7.11 Å². The van der Waals surface area contributed by atoms with Crippen molar-refractivity contribution >= 4 is 11.6 Å². The molecule has 88 valence electrons. The number of methoxy groups -OCH3 is 1. The molecule has 0 amide bonds. The van der Waals surface area contributed by atoms with Crippen molar-refractivity contribution in [3.8, 4) is 11.5 Å². The summed E-state index contributed by atoms with van der Waals surface area (Å²) in [6, 6.07) is 11.1. The summed E-state index contributed by atoms with van der Waals surface area (Å²) < 4.78 is 10.7. The van der Waals surface area contributed by atoms with Gasteiger partial charge in [0.15, 0.2) is 0 Å². The summed E-state index contributed by atoms with van der Waals surface area (Å²) in [5.41, 5.74) is 0.977. The number of benzene rings is 1. The van der Waals surface area contributed by atoms with E-state index in [0.717, 1.165) is 17.1 Å². The van der Waals surface area contributed by atoms with Crippen molar-refractivity contribution in [3.63, 3.8) is 0 Å². The second-order valence-corrected chi connectivity index (χ2v) is 3.84. The second kappa shape index (κ2) is 5.55. The lowest BCUT2D eigenvalue weighted by Crippen LogP contribution is -1.95. The van der Waals surface area contributed by atoms with Gasteiger partial charge in [-0.3, -0.25) is 0 Å². The molecule has 0 aliphatic rings. The van der Waals surface area contributed by atoms with Crippen LogP contribution in [0.15, 0.2) is 42.6 Å². The molecule has 0 saturated heterocycles. The van der Waals surface area contributed by atoms with E-state index >= 15 is 0 Å². The number of hydrogen-bond acceptors (Lipinski definition) is 3. The Morgan fingerprint density at radius 1 is 1.06 bits per heavy atom. The van der Waals surface area contributed by atoms with Crippen LogP contribution >= 0.6 is 11.6 Å². The van der Waals surface area contributed by atoms with E-state index in [1.165, 1.54) is 0 Å². The monoisotopic (exact) mass is 249 g/mol. The van der Waals surface area contributed by atoms with Crippen molar-refractivity contribution in [1.82, 2.24) is 4.98 Å². The van der Waals surface area contributed by atoms with Crippen LogP contribution in [-0.2, 0) is 6.61 Å². The fraction of sp³-hybridized carbons (Fsp3) is 0.154. The van der Waals surface area contributed by atoms with Crippen molar-refractivity contribution in [2.75, 3.05) is 7.11 Å². The number of ether oxygens (including phenoxy) is 2. The summed E-state index contributed by atoms with van der Waals surface area (Å²) in [6.07, 6.45) is 1.70. The Morgan fingerprint density at radius 2 is 1.76 bits per heavy atom. The first kappa shape index (κ1) is 11.7. The van der Waals surface area contributed by atoms with Crippen LogP contribution in [0.2, 0.25) is 5.15 Å². The van der Waals surface area contributed by atoms with Gasteiger partial charge in [-0.05, 0) is 30.3 Å². The number of rotatable bonds is 4. The average Bonchev–Trinajstić information content (AvgIpc) is 2.39. The normalized spacial score (nSPS) is 10.0. The highest BCUT2D eigenvalue weighted by atomic mass is 35.5. The van der Waals surface area contributed by atoms with E-state index in [1.54, 1.807) is 19.4 Å². The maximum atomic E-state index is 5.70. The fourth-order valence-corrected chi connectivity index (χ4v) is 1.44. The third-order valence-electron chi connectivity index (χ3n) is 2.25. The van der Waals surface area contributed by atoms with Gasteiger partial charge < -0.3 is 9.47 Å². The van der Waals surface area contributed by atoms with E-state index in [4.69, 9.17) is 21.1 Å². The fourth-order valence-electron chi connectivity index (χ4n) is 1.33. The minimum absolute atomic E-state index is 0.469. The van der Waals surface area contributed by atoms with Crippen LogP contribution in [0.25, 0.3) is 0 Å². The first-order chi connectivity index (χ1) is 8.28. The molecule has 0 atom stereocenters. The van der Waals surface area contributed by atoms with Crippen molar-refractivity contribution in [3.05, 3.63) is 53.3 Å². The molecule has 0 unspecified atom stereocenters. The summed E-state index contributed by atoms with van der Waals surface area (Å²) in [6.45, 7) is 0.469. The molecule has 1 heterocycles. The van der Waals surface area contributed by atoms with Gasteiger partial charge in [0.1, 0.15) is 23.3 Å². The number of halogens is 1. The summed E-state index contributed by atoms with van der Waals surface area (Å²) in [5.74, 6) is 1.60. The van der Waals surface area contributed by atoms with Crippen molar-refractivity contribution < 1.29 is 9.47 Å². The maximum absolute atomic E-state index is 5.70. The predicted octanol–water partition coefficient (Wildman–Crippen LogP) is 3.32. The Balaban J connectivity index is 1.95. The molecule has 2 rings (SSSR count). The molecule has 0 aliphatic carbocycles. The van der Waals surface area contributed by atoms with E-state index < -0.39 is 0 Å². The van der Waals surface area contributed by atoms with Crippen molar-refractivity contribution in [2.45, 2.75) is 6.61 Å². The predicted molar refractivity (Wildman–Crippen MR) is 66.6 cm³/mol. The van der Waals surface area contributed by atoms with Crippen LogP contribution in [0.3, 0.4) is 0 Å². The molecule has 0 fully saturated rings. The third kappa shape index (κ3) is 3.36. The molecule has 0 saturated carbocycles. The van der Waals surface area contributed by atoms with Gasteiger partial charge in [-0.15, -0.1) is 0 Å². The van der Waals surface area contributed by atoms with Gasteiger partial charge in [-0.2, -0.15) is 0 Å². The molecular weight excluding hydrogens is 238 g/mol. The van der Waals surface area contributed by atoms with Gasteiger partial charge in [0.2, 0.25) is 0 Å². The first-order valence-corrected chi connectivity index (χ1v) is 5.53. The van der Waals surface area contributed by atoms with Gasteiger partial charge in [0, 0.05) is 11.8 Å². The molecule has 1 aromatic carbocycles. The molecule has 4 heteroatoms. The Hall–Kier alpha value is -1.74. The van der Waals surface area contributed by atoms with E-state index in [2.05, 4.69) is 4.98 Å². The Labute approximate surface area is 105 Å². The zero-order valence-corrected chi connectivity index (χ0v) is 10.1. The molecule has 0 spiro atoms. The SMILES string of the molecule is COc1ccc(OCc2ccc(Cl)nc2)cc1. The Kier molecular flexibility index (Phi) is 3.83. The van der Waals surface area contributed by atoms with Crippen LogP contribution in [-0.4, -0.2) is 12.1 Å². The van der Waals surface area contributed by atoms with Crippen LogP contribution in [0.4, 0.5) is 0 Å². The number of pyridine rings is 1. The molecule has 0 N–H and O–H groups in total. The van der Waals surface area contributed by atoms with E-state index in [9.17, 15) is 0 Å². The minimum Gasteiger partial charge on any atom is -0.497 e. The number of nitrogens with zero attached hydrogens (tertiary/aromatic N) is 1. The maximum Gasteiger partial charge on any atom is 0.129 e. The smallest absolute Gasteiger partial charge is 0.129 e. The number of hydrogen-bond donors (Lipinski definition) is 0. The van der Waals surface area contributed by atoms with Gasteiger partial charge in [0.25, 0.3) is 0 Å². The lowest BCUT2D eigenvalue weighted by atomic mass is 10.3. The number of aromatic nitrogens is 1. The summed E-state index contributed by atoms with van der Waals surface area (Å²) >= 11 is 5.70. The van der Waals surface area contributed by atoms with Crippen LogP contribution in [0, 0.1) is 0 Å². The summed E-state index contributed by atoms with van der Waals surface area (Å²) in [7, 11) is 1.63. The molecule has 0 aliphatic heterocycles. The highest BCUT2D eigenvalue weighted by Crippen LogP contribution is 2.18. The summed E-state index contributed by atoms with van der Waals surface area (Å²) in [5, 5.41) is 0.484. The second-order valence-electron chi connectivity index (χ2n) is 3.45. The Morgan fingerprint density at radius 3 is 2.35 bits per heavy atom. The van der Waals surface area contributed by atoms with Crippen LogP contribution < -0.4 is 9.47 Å². The highest BCUT2D eigenvalue weighted by molar-refractivity contribution is 6.29. The van der Waals surface area contributed by atoms with E-state index in [1.807, 2.05) is 30.3 Å². The first-order valence-electron chi connectivity index (χ1n) is 5.15. The zero-order valence-electron chi connectivity index (χ0n) is 9.39. The van der Waals surface area contributed by atoms with Crippen molar-refractivity contribution in [2.24, 2.45) is 0 Å². The summed E-state index contributed by atoms with van der Waals surface area (Å²) in [4.78, 5) is 3.98. The molecule has 2 aromatic rings. The quantitative estimate of drug-likeness (QED) is 0.779. The van der Waals surface area contributed by atoms with Crippen molar-refractivity contribution in [1.29, 1.82) is 0 Å². The van der Waals surface area contributed by atoms with Gasteiger partial charge in [-0.25, -0.2) is 4.98 Å². The molecule has 0 radical (unpaired) electrons. The van der Waals surface area contributed by atoms with Crippen LogP contribution in [0.5, 0.6) is 11.5 Å². The lowest BCUT2D eigenvalue weighted by molar-refractivity contribution is 0.305. The van der Waals surface area contributed by atoms with E-state index in [-0.39, 0.29) is 0 Å². The zero-order chi connectivity index (χ0) is 12.1. The van der Waals surface area contributed by atoms with E-state index in [0.29, 0.717) is 11.8 Å². The standard InChI is InChI=1S/C13H12ClNO2/c1-16-11-3-5-12(6-4-11)17-9-10-2-7-13(14)15-8-10/h2-8H,9H2,1H3. The third-order valence-corrected chi connectivity index (χ3v) is 2.48. The average molecular weight is 250 g/mol. The molecule has 0 bridgehead atoms. The molecule has 1 aromatic heterocycles. The Bertz CT molecular complexity index is 468. The van der Waals surface area contributed by atoms with Gasteiger partial charge in [-0.1, -0.05) is 17.7 Å². The topological polar surface area (TPSA) is 31.4 Å². The minimum atomic E-state index is 0.469. The molecule has 17 heavy (non-hydrogen) atoms. The lowest BCUT2D eigenvalue weighted by Gasteiger charge is -2.06. The molecular formula is C13H12ClNO2. The van der Waals surface area contributed by atoms with Gasteiger partial charge >= 0.3 is 0 Å².